The first kappa shape index (κ1) is 15.7. The molecule has 21 heavy (non-hydrogen) atoms. The molecule has 1 saturated carbocycles. The van der Waals surface area contributed by atoms with E-state index in [0.29, 0.717) is 0 Å². The first-order chi connectivity index (χ1) is 10.4. The van der Waals surface area contributed by atoms with Crippen molar-refractivity contribution in [2.45, 2.75) is 63.6 Å². The Morgan fingerprint density at radius 1 is 0.952 bits per heavy atom. The molecule has 2 saturated heterocycles. The standard InChI is InChI=1S/C17H33N3O/c1-2-18-16-6-4-3-5-7-17(16)20-9-8-15(14-20)19-10-12-21-13-11-19/h15-18H,2-14H2,1H3. The van der Waals surface area contributed by atoms with Crippen LogP contribution in [0.4, 0.5) is 0 Å². The Kier molecular flexibility index (Phi) is 5.92. The topological polar surface area (TPSA) is 27.7 Å². The highest BCUT2D eigenvalue weighted by Crippen LogP contribution is 2.27. The number of likely N-dealkylation sites (N-methyl/N-ethyl adjacent to an activating group) is 1. The minimum atomic E-state index is 0.723. The number of likely N-dealkylation sites (tertiary alicyclic amines) is 1. The Hall–Kier alpha value is -0.160. The van der Waals surface area contributed by atoms with E-state index in [2.05, 4.69) is 22.0 Å². The molecule has 122 valence electrons. The molecule has 3 rings (SSSR count). The summed E-state index contributed by atoms with van der Waals surface area (Å²) >= 11 is 0. The maximum atomic E-state index is 5.50. The van der Waals surface area contributed by atoms with E-state index in [-0.39, 0.29) is 0 Å². The first-order valence-corrected chi connectivity index (χ1v) is 9.17. The van der Waals surface area contributed by atoms with Crippen molar-refractivity contribution in [2.24, 2.45) is 0 Å². The van der Waals surface area contributed by atoms with Gasteiger partial charge in [-0.3, -0.25) is 9.80 Å². The monoisotopic (exact) mass is 295 g/mol. The SMILES string of the molecule is CCNC1CCCCCC1N1CCC(N2CCOCC2)C1. The van der Waals surface area contributed by atoms with E-state index in [1.165, 1.54) is 51.6 Å². The van der Waals surface area contributed by atoms with Gasteiger partial charge >= 0.3 is 0 Å². The Morgan fingerprint density at radius 3 is 2.57 bits per heavy atom. The molecule has 4 nitrogen and oxygen atoms in total. The summed E-state index contributed by atoms with van der Waals surface area (Å²) in [7, 11) is 0. The quantitative estimate of drug-likeness (QED) is 0.799. The lowest BCUT2D eigenvalue weighted by Gasteiger charge is -2.36. The van der Waals surface area contributed by atoms with Gasteiger partial charge in [0.25, 0.3) is 0 Å². The number of hydrogen-bond donors (Lipinski definition) is 1. The van der Waals surface area contributed by atoms with Gasteiger partial charge in [0.1, 0.15) is 0 Å². The Morgan fingerprint density at radius 2 is 1.76 bits per heavy atom. The number of nitrogens with zero attached hydrogens (tertiary/aromatic N) is 2. The van der Waals surface area contributed by atoms with E-state index in [9.17, 15) is 0 Å². The second kappa shape index (κ2) is 7.91. The van der Waals surface area contributed by atoms with Crippen LogP contribution in [-0.2, 0) is 4.74 Å². The summed E-state index contributed by atoms with van der Waals surface area (Å²) in [5, 5.41) is 3.77. The van der Waals surface area contributed by atoms with Crippen LogP contribution in [0.5, 0.6) is 0 Å². The molecule has 0 amide bonds. The molecule has 0 bridgehead atoms. The molecule has 0 aromatic carbocycles. The lowest BCUT2D eigenvalue weighted by molar-refractivity contribution is 0.0170. The predicted octanol–water partition coefficient (Wildman–Crippen LogP) is 1.70. The lowest BCUT2D eigenvalue weighted by atomic mass is 10.0. The van der Waals surface area contributed by atoms with Gasteiger partial charge in [-0.15, -0.1) is 0 Å². The average Bonchev–Trinajstić information content (AvgIpc) is 2.90. The molecule has 2 heterocycles. The minimum absolute atomic E-state index is 0.723. The van der Waals surface area contributed by atoms with Crippen LogP contribution in [0, 0.1) is 0 Å². The maximum absolute atomic E-state index is 5.50. The molecule has 3 fully saturated rings. The summed E-state index contributed by atoms with van der Waals surface area (Å²) < 4.78 is 5.50. The highest BCUT2D eigenvalue weighted by atomic mass is 16.5. The molecular weight excluding hydrogens is 262 g/mol. The van der Waals surface area contributed by atoms with Crippen LogP contribution in [0.2, 0.25) is 0 Å². The summed E-state index contributed by atoms with van der Waals surface area (Å²) in [5.74, 6) is 0. The summed E-state index contributed by atoms with van der Waals surface area (Å²) in [6.07, 6.45) is 8.39. The zero-order chi connectivity index (χ0) is 14.5. The summed E-state index contributed by atoms with van der Waals surface area (Å²) in [6, 6.07) is 2.28. The average molecular weight is 295 g/mol. The lowest BCUT2D eigenvalue weighted by Crippen LogP contribution is -2.50. The van der Waals surface area contributed by atoms with Crippen molar-refractivity contribution in [1.82, 2.24) is 15.1 Å². The van der Waals surface area contributed by atoms with Crippen molar-refractivity contribution in [2.75, 3.05) is 45.9 Å². The fourth-order valence-electron chi connectivity index (χ4n) is 4.54. The summed E-state index contributed by atoms with van der Waals surface area (Å²) in [4.78, 5) is 5.47. The molecule has 0 radical (unpaired) electrons. The highest BCUT2D eigenvalue weighted by molar-refractivity contribution is 4.93. The van der Waals surface area contributed by atoms with Crippen molar-refractivity contribution in [3.63, 3.8) is 0 Å². The van der Waals surface area contributed by atoms with Crippen LogP contribution in [0.25, 0.3) is 0 Å². The zero-order valence-electron chi connectivity index (χ0n) is 13.7. The van der Waals surface area contributed by atoms with Crippen molar-refractivity contribution >= 4 is 0 Å². The van der Waals surface area contributed by atoms with Gasteiger partial charge in [0, 0.05) is 44.3 Å². The molecule has 4 heteroatoms. The van der Waals surface area contributed by atoms with E-state index in [0.717, 1.165) is 51.0 Å². The largest absolute Gasteiger partial charge is 0.379 e. The van der Waals surface area contributed by atoms with Crippen molar-refractivity contribution in [3.05, 3.63) is 0 Å². The zero-order valence-corrected chi connectivity index (χ0v) is 13.7. The normalized spacial score (nSPS) is 36.7. The fourth-order valence-corrected chi connectivity index (χ4v) is 4.54. The number of rotatable bonds is 4. The van der Waals surface area contributed by atoms with Gasteiger partial charge < -0.3 is 10.1 Å². The number of morpholine rings is 1. The fraction of sp³-hybridized carbons (Fsp3) is 1.00. The molecule has 2 aliphatic heterocycles. The molecule has 3 atom stereocenters. The van der Waals surface area contributed by atoms with Crippen LogP contribution in [0.15, 0.2) is 0 Å². The van der Waals surface area contributed by atoms with Gasteiger partial charge in [0.05, 0.1) is 13.2 Å². The van der Waals surface area contributed by atoms with E-state index >= 15 is 0 Å². The molecule has 0 aromatic rings. The van der Waals surface area contributed by atoms with Gasteiger partial charge in [0.2, 0.25) is 0 Å². The van der Waals surface area contributed by atoms with Crippen molar-refractivity contribution < 1.29 is 4.74 Å². The number of hydrogen-bond acceptors (Lipinski definition) is 4. The van der Waals surface area contributed by atoms with Gasteiger partial charge in [-0.05, 0) is 25.8 Å². The Balaban J connectivity index is 1.57. The maximum Gasteiger partial charge on any atom is 0.0594 e. The second-order valence-electron chi connectivity index (χ2n) is 6.96. The Bertz CT molecular complexity index is 306. The summed E-state index contributed by atoms with van der Waals surface area (Å²) in [6.45, 7) is 10.1. The van der Waals surface area contributed by atoms with Gasteiger partial charge in [-0.25, -0.2) is 0 Å². The first-order valence-electron chi connectivity index (χ1n) is 9.17. The smallest absolute Gasteiger partial charge is 0.0594 e. The molecule has 0 spiro atoms. The van der Waals surface area contributed by atoms with Crippen LogP contribution < -0.4 is 5.32 Å². The predicted molar refractivity (Wildman–Crippen MR) is 86.7 cm³/mol. The highest BCUT2D eigenvalue weighted by Gasteiger charge is 2.35. The van der Waals surface area contributed by atoms with Crippen LogP contribution in [-0.4, -0.2) is 73.9 Å². The van der Waals surface area contributed by atoms with Crippen molar-refractivity contribution in [1.29, 1.82) is 0 Å². The van der Waals surface area contributed by atoms with E-state index < -0.39 is 0 Å². The number of ether oxygens (including phenoxy) is 1. The summed E-state index contributed by atoms with van der Waals surface area (Å²) in [5.41, 5.74) is 0. The molecular formula is C17H33N3O. The third-order valence-electron chi connectivity index (χ3n) is 5.67. The van der Waals surface area contributed by atoms with Gasteiger partial charge in [0.15, 0.2) is 0 Å². The minimum Gasteiger partial charge on any atom is -0.379 e. The Labute approximate surface area is 130 Å². The van der Waals surface area contributed by atoms with E-state index in [1.807, 2.05) is 0 Å². The second-order valence-corrected chi connectivity index (χ2v) is 6.96. The number of nitrogens with one attached hydrogen (secondary N) is 1. The molecule has 1 aliphatic carbocycles. The van der Waals surface area contributed by atoms with Crippen LogP contribution in [0.3, 0.4) is 0 Å². The van der Waals surface area contributed by atoms with Gasteiger partial charge in [-0.1, -0.05) is 26.2 Å². The molecule has 3 unspecified atom stereocenters. The van der Waals surface area contributed by atoms with E-state index in [4.69, 9.17) is 4.74 Å². The third kappa shape index (κ3) is 3.98. The molecule has 0 aromatic heterocycles. The third-order valence-corrected chi connectivity index (χ3v) is 5.67. The van der Waals surface area contributed by atoms with E-state index in [1.54, 1.807) is 0 Å². The van der Waals surface area contributed by atoms with Gasteiger partial charge in [-0.2, -0.15) is 0 Å². The van der Waals surface area contributed by atoms with Crippen LogP contribution in [0.1, 0.15) is 45.4 Å². The molecule has 3 aliphatic rings. The van der Waals surface area contributed by atoms with Crippen LogP contribution >= 0.6 is 0 Å². The van der Waals surface area contributed by atoms with Crippen molar-refractivity contribution in [3.8, 4) is 0 Å². The molecule has 1 N–H and O–H groups in total.